The molecule has 106 valence electrons. The Morgan fingerprint density at radius 1 is 1.50 bits per heavy atom. The van der Waals surface area contributed by atoms with Crippen molar-refractivity contribution >= 4 is 33.3 Å². The molecule has 2 aromatic rings. The maximum Gasteiger partial charge on any atom is 0.239 e. The lowest BCUT2D eigenvalue weighted by Crippen LogP contribution is -2.26. The van der Waals surface area contributed by atoms with Crippen molar-refractivity contribution in [3.8, 4) is 0 Å². The van der Waals surface area contributed by atoms with Crippen molar-refractivity contribution in [3.63, 3.8) is 0 Å². The van der Waals surface area contributed by atoms with Crippen LogP contribution in [0.5, 0.6) is 0 Å². The molecule has 5 nitrogen and oxygen atoms in total. The molecule has 3 rings (SSSR count). The summed E-state index contributed by atoms with van der Waals surface area (Å²) in [7, 11) is 1.63. The Kier molecular flexibility index (Phi) is 3.56. The Hall–Kier alpha value is -1.69. The number of thiophene rings is 1. The van der Waals surface area contributed by atoms with Crippen LogP contribution in [0.1, 0.15) is 23.8 Å². The number of carbonyl (C=O) groups excluding carboxylic acids is 1. The van der Waals surface area contributed by atoms with E-state index in [4.69, 9.17) is 0 Å². The highest BCUT2D eigenvalue weighted by molar-refractivity contribution is 7.19. The number of aryl methyl sites for hydroxylation is 1. The van der Waals surface area contributed by atoms with Gasteiger partial charge in [0.15, 0.2) is 0 Å². The summed E-state index contributed by atoms with van der Waals surface area (Å²) in [6.45, 7) is 2.54. The highest BCUT2D eigenvalue weighted by atomic mass is 32.1. The second-order valence-corrected chi connectivity index (χ2v) is 6.36. The molecular formula is C14H18N4OS. The molecule has 0 radical (unpaired) electrons. The Labute approximate surface area is 121 Å². The highest BCUT2D eigenvalue weighted by Gasteiger charge is 2.23. The first-order chi connectivity index (χ1) is 9.69. The lowest BCUT2D eigenvalue weighted by atomic mass is 9.89. The Balaban J connectivity index is 1.98. The van der Waals surface area contributed by atoms with Crippen LogP contribution in [-0.2, 0) is 17.6 Å². The van der Waals surface area contributed by atoms with Crippen molar-refractivity contribution in [2.45, 2.75) is 26.2 Å². The number of anilines is 1. The zero-order valence-electron chi connectivity index (χ0n) is 11.7. The monoisotopic (exact) mass is 290 g/mol. The number of aromatic nitrogens is 2. The molecule has 0 saturated heterocycles. The van der Waals surface area contributed by atoms with Gasteiger partial charge in [-0.15, -0.1) is 11.3 Å². The van der Waals surface area contributed by atoms with E-state index in [1.54, 1.807) is 24.7 Å². The molecule has 1 amide bonds. The van der Waals surface area contributed by atoms with Gasteiger partial charge in [0.2, 0.25) is 5.91 Å². The maximum atomic E-state index is 11.4. The molecule has 0 spiro atoms. The second-order valence-electron chi connectivity index (χ2n) is 5.28. The lowest BCUT2D eigenvalue weighted by Gasteiger charge is -2.18. The molecule has 0 aromatic carbocycles. The molecule has 1 atom stereocenters. The van der Waals surface area contributed by atoms with Crippen molar-refractivity contribution in [1.29, 1.82) is 0 Å². The molecule has 1 aliphatic carbocycles. The van der Waals surface area contributed by atoms with Crippen LogP contribution in [0.25, 0.3) is 10.2 Å². The standard InChI is InChI=1S/C14H18N4OS/c1-8-3-4-9-10(5-8)20-14-12(9)13(17-7-18-14)16-6-11(19)15-2/h7-8H,3-6H2,1-2H3,(H,15,19)(H,16,17,18)/t8-/m0/s1. The Morgan fingerprint density at radius 2 is 2.35 bits per heavy atom. The van der Waals surface area contributed by atoms with Crippen LogP contribution < -0.4 is 10.6 Å². The number of carbonyl (C=O) groups is 1. The summed E-state index contributed by atoms with van der Waals surface area (Å²) in [5, 5.41) is 6.85. The van der Waals surface area contributed by atoms with E-state index in [2.05, 4.69) is 27.5 Å². The number of likely N-dealkylation sites (N-methyl/N-ethyl adjacent to an activating group) is 1. The van der Waals surface area contributed by atoms with Gasteiger partial charge in [0.1, 0.15) is 17.0 Å². The predicted molar refractivity (Wildman–Crippen MR) is 81.2 cm³/mol. The van der Waals surface area contributed by atoms with Gasteiger partial charge in [0.25, 0.3) is 0 Å². The van der Waals surface area contributed by atoms with Crippen LogP contribution in [-0.4, -0.2) is 29.5 Å². The fourth-order valence-electron chi connectivity index (χ4n) is 2.66. The molecule has 2 aromatic heterocycles. The quantitative estimate of drug-likeness (QED) is 0.907. The zero-order valence-corrected chi connectivity index (χ0v) is 12.5. The van der Waals surface area contributed by atoms with Crippen molar-refractivity contribution in [1.82, 2.24) is 15.3 Å². The number of fused-ring (bicyclic) bond motifs is 3. The summed E-state index contributed by atoms with van der Waals surface area (Å²) in [5.41, 5.74) is 1.38. The summed E-state index contributed by atoms with van der Waals surface area (Å²) >= 11 is 1.77. The van der Waals surface area contributed by atoms with Crippen molar-refractivity contribution in [2.75, 3.05) is 18.9 Å². The van der Waals surface area contributed by atoms with Crippen molar-refractivity contribution in [3.05, 3.63) is 16.8 Å². The van der Waals surface area contributed by atoms with E-state index in [9.17, 15) is 4.79 Å². The lowest BCUT2D eigenvalue weighted by molar-refractivity contribution is -0.118. The molecule has 0 aliphatic heterocycles. The van der Waals surface area contributed by atoms with E-state index in [1.165, 1.54) is 16.9 Å². The zero-order chi connectivity index (χ0) is 14.1. The fourth-order valence-corrected chi connectivity index (χ4v) is 4.01. The first kappa shape index (κ1) is 13.3. The normalized spacial score (nSPS) is 17.8. The topological polar surface area (TPSA) is 66.9 Å². The van der Waals surface area contributed by atoms with E-state index in [0.717, 1.165) is 34.8 Å². The SMILES string of the molecule is CNC(=O)CNc1ncnc2sc3c(c12)CC[C@H](C)C3. The van der Waals surface area contributed by atoms with E-state index < -0.39 is 0 Å². The first-order valence-corrected chi connectivity index (χ1v) is 7.70. The van der Waals surface area contributed by atoms with Gasteiger partial charge in [-0.3, -0.25) is 4.79 Å². The number of hydrogen-bond donors (Lipinski definition) is 2. The van der Waals surface area contributed by atoms with Gasteiger partial charge in [0, 0.05) is 11.9 Å². The first-order valence-electron chi connectivity index (χ1n) is 6.88. The Morgan fingerprint density at radius 3 is 3.15 bits per heavy atom. The third-order valence-corrected chi connectivity index (χ3v) is 4.95. The molecule has 0 fully saturated rings. The van der Waals surface area contributed by atoms with Crippen molar-refractivity contribution in [2.24, 2.45) is 5.92 Å². The molecule has 6 heteroatoms. The van der Waals surface area contributed by atoms with Crippen LogP contribution >= 0.6 is 11.3 Å². The van der Waals surface area contributed by atoms with Gasteiger partial charge in [-0.05, 0) is 30.7 Å². The van der Waals surface area contributed by atoms with Gasteiger partial charge >= 0.3 is 0 Å². The average molecular weight is 290 g/mol. The maximum absolute atomic E-state index is 11.4. The Bertz CT molecular complexity index is 652. The number of nitrogens with one attached hydrogen (secondary N) is 2. The van der Waals surface area contributed by atoms with Gasteiger partial charge in [-0.2, -0.15) is 0 Å². The number of rotatable bonds is 3. The van der Waals surface area contributed by atoms with E-state index in [1.807, 2.05) is 0 Å². The van der Waals surface area contributed by atoms with E-state index >= 15 is 0 Å². The summed E-state index contributed by atoms with van der Waals surface area (Å²) in [5.74, 6) is 1.48. The molecular weight excluding hydrogens is 272 g/mol. The van der Waals surface area contributed by atoms with E-state index in [-0.39, 0.29) is 12.5 Å². The highest BCUT2D eigenvalue weighted by Crippen LogP contribution is 2.39. The summed E-state index contributed by atoms with van der Waals surface area (Å²) in [6, 6.07) is 0. The van der Waals surface area contributed by atoms with Crippen LogP contribution in [0.2, 0.25) is 0 Å². The molecule has 2 N–H and O–H groups in total. The molecule has 0 unspecified atom stereocenters. The largest absolute Gasteiger partial charge is 0.360 e. The fraction of sp³-hybridized carbons (Fsp3) is 0.500. The van der Waals surface area contributed by atoms with Crippen LogP contribution in [0.4, 0.5) is 5.82 Å². The minimum absolute atomic E-state index is 0.0468. The molecule has 2 heterocycles. The smallest absolute Gasteiger partial charge is 0.239 e. The predicted octanol–water partition coefficient (Wildman–Crippen LogP) is 1.97. The minimum atomic E-state index is -0.0468. The summed E-state index contributed by atoms with van der Waals surface area (Å²) < 4.78 is 0. The third-order valence-electron chi connectivity index (χ3n) is 3.79. The molecule has 0 bridgehead atoms. The van der Waals surface area contributed by atoms with Crippen LogP contribution in [0, 0.1) is 5.92 Å². The third kappa shape index (κ3) is 2.35. The van der Waals surface area contributed by atoms with Gasteiger partial charge in [0.05, 0.1) is 11.9 Å². The second kappa shape index (κ2) is 5.36. The van der Waals surface area contributed by atoms with Gasteiger partial charge < -0.3 is 10.6 Å². The summed E-state index contributed by atoms with van der Waals surface area (Å²) in [6.07, 6.45) is 4.99. The van der Waals surface area contributed by atoms with E-state index in [0.29, 0.717) is 0 Å². The average Bonchev–Trinajstić information content (AvgIpc) is 2.82. The number of amides is 1. The molecule has 1 aliphatic rings. The van der Waals surface area contributed by atoms with Crippen LogP contribution in [0.3, 0.4) is 0 Å². The number of hydrogen-bond acceptors (Lipinski definition) is 5. The van der Waals surface area contributed by atoms with Crippen molar-refractivity contribution < 1.29 is 4.79 Å². The minimum Gasteiger partial charge on any atom is -0.360 e. The van der Waals surface area contributed by atoms with Crippen LogP contribution in [0.15, 0.2) is 6.33 Å². The summed E-state index contributed by atoms with van der Waals surface area (Å²) in [4.78, 5) is 22.5. The van der Waals surface area contributed by atoms with Gasteiger partial charge in [-0.25, -0.2) is 9.97 Å². The molecule has 0 saturated carbocycles. The molecule has 20 heavy (non-hydrogen) atoms. The number of nitrogens with zero attached hydrogens (tertiary/aromatic N) is 2. The van der Waals surface area contributed by atoms with Gasteiger partial charge in [-0.1, -0.05) is 6.92 Å².